The molecular formula is C22H38F3N3O3. The van der Waals surface area contributed by atoms with E-state index in [2.05, 4.69) is 32.8 Å². The van der Waals surface area contributed by atoms with Crippen molar-refractivity contribution in [3.63, 3.8) is 0 Å². The number of aliphatic hydroxyl groups excluding tert-OH is 1. The first-order valence-corrected chi connectivity index (χ1v) is 10.5. The molecule has 0 spiro atoms. The molecule has 0 radical (unpaired) electrons. The largest absolute Gasteiger partial charge is 0.416 e. The summed E-state index contributed by atoms with van der Waals surface area (Å²) in [6.07, 6.45) is -6.69. The Labute approximate surface area is 184 Å². The molecule has 1 atom stereocenters. The molecule has 1 aromatic rings. The van der Waals surface area contributed by atoms with Crippen LogP contribution in [-0.4, -0.2) is 49.0 Å². The van der Waals surface area contributed by atoms with Crippen molar-refractivity contribution in [3.8, 4) is 0 Å². The van der Waals surface area contributed by atoms with E-state index in [9.17, 15) is 27.9 Å². The molecule has 3 N–H and O–H groups in total. The molecule has 2 rings (SSSR count). The molecule has 1 aliphatic rings. The van der Waals surface area contributed by atoms with E-state index in [-0.39, 0.29) is 17.8 Å². The number of alkyl halides is 3. The summed E-state index contributed by atoms with van der Waals surface area (Å²) >= 11 is 0. The number of primary amides is 1. The number of nitrogens with zero attached hydrogens (tertiary/aromatic N) is 2. The predicted octanol–water partition coefficient (Wildman–Crippen LogP) is 4.46. The van der Waals surface area contributed by atoms with Crippen LogP contribution in [0.5, 0.6) is 0 Å². The van der Waals surface area contributed by atoms with Gasteiger partial charge < -0.3 is 20.6 Å². The van der Waals surface area contributed by atoms with Gasteiger partial charge in [-0.1, -0.05) is 41.5 Å². The van der Waals surface area contributed by atoms with E-state index in [1.165, 1.54) is 6.54 Å². The van der Waals surface area contributed by atoms with Gasteiger partial charge in [0.2, 0.25) is 5.91 Å². The maximum atomic E-state index is 13.0. The number of benzene rings is 1. The summed E-state index contributed by atoms with van der Waals surface area (Å²) in [4.78, 5) is 26.1. The molecule has 2 amide bonds. The van der Waals surface area contributed by atoms with Gasteiger partial charge in [-0.2, -0.15) is 13.2 Å². The minimum atomic E-state index is -4.81. The highest BCUT2D eigenvalue weighted by Crippen LogP contribution is 2.44. The van der Waals surface area contributed by atoms with Gasteiger partial charge in [0.25, 0.3) is 5.91 Å². The number of likely N-dealkylation sites (N-methyl/N-ethyl adjacent to an activating group) is 1. The molecule has 9 heteroatoms. The van der Waals surface area contributed by atoms with Gasteiger partial charge in [0.15, 0.2) is 6.10 Å². The van der Waals surface area contributed by atoms with Gasteiger partial charge >= 0.3 is 6.18 Å². The lowest BCUT2D eigenvalue weighted by molar-refractivity contribution is -0.139. The fourth-order valence-corrected chi connectivity index (χ4v) is 2.97. The number of aliphatic hydroxyl groups is 1. The third-order valence-electron chi connectivity index (χ3n) is 3.86. The molecule has 1 aliphatic heterocycles. The van der Waals surface area contributed by atoms with Crippen LogP contribution in [0.4, 0.5) is 18.9 Å². The molecule has 0 saturated heterocycles. The van der Waals surface area contributed by atoms with Crippen LogP contribution in [0.3, 0.4) is 0 Å². The standard InChI is InChI=1S/C12H11F3N2O3.C6H15N.2C2H6/c1-2-17-7-4-5(10(16)19)3-6(12(13,14)15)8(7)9(18)11(17)20;1-6(2)5-7(3)4;2*1-2/h3-4,9,18H,2H2,1H3,(H2,16,19);6H,5H2,1-4H3;2*1-2H3. The van der Waals surface area contributed by atoms with Crippen LogP contribution < -0.4 is 10.6 Å². The summed E-state index contributed by atoms with van der Waals surface area (Å²) in [6.45, 7) is 15.3. The Morgan fingerprint density at radius 1 is 1.19 bits per heavy atom. The first kappa shape index (κ1) is 31.1. The van der Waals surface area contributed by atoms with Gasteiger partial charge in [0.05, 0.1) is 11.3 Å². The summed E-state index contributed by atoms with van der Waals surface area (Å²) < 4.78 is 39.1. The van der Waals surface area contributed by atoms with Crippen molar-refractivity contribution >= 4 is 17.5 Å². The molecule has 6 nitrogen and oxygen atoms in total. The minimum absolute atomic E-state index is 0.0718. The topological polar surface area (TPSA) is 86.9 Å². The second kappa shape index (κ2) is 14.0. The molecule has 0 aromatic heterocycles. The summed E-state index contributed by atoms with van der Waals surface area (Å²) in [7, 11) is 4.19. The van der Waals surface area contributed by atoms with Crippen molar-refractivity contribution in [2.45, 2.75) is 60.7 Å². The molecule has 0 fully saturated rings. The summed E-state index contributed by atoms with van der Waals surface area (Å²) in [5, 5.41) is 9.72. The molecule has 1 heterocycles. The Kier molecular flexibility index (Phi) is 14.1. The molecule has 31 heavy (non-hydrogen) atoms. The number of nitrogens with two attached hydrogens (primary N) is 1. The van der Waals surface area contributed by atoms with Gasteiger partial charge in [0, 0.05) is 17.7 Å². The maximum absolute atomic E-state index is 13.0. The summed E-state index contributed by atoms with van der Waals surface area (Å²) in [6, 6.07) is 1.64. The van der Waals surface area contributed by atoms with E-state index in [0.717, 1.165) is 16.9 Å². The Hall–Kier alpha value is -2.13. The lowest BCUT2D eigenvalue weighted by Crippen LogP contribution is -2.28. The molecule has 180 valence electrons. The second-order valence-corrected chi connectivity index (χ2v) is 6.96. The smallest absolute Gasteiger partial charge is 0.378 e. The SMILES string of the molecule is CC.CC.CC(C)CN(C)C.CCN1C(=O)C(O)c2c1cc(C(N)=O)cc2C(F)(F)F. The third-order valence-corrected chi connectivity index (χ3v) is 3.86. The van der Waals surface area contributed by atoms with Gasteiger partial charge in [0.1, 0.15) is 0 Å². The number of hydrogen-bond acceptors (Lipinski definition) is 4. The van der Waals surface area contributed by atoms with E-state index in [1.807, 2.05) is 27.7 Å². The van der Waals surface area contributed by atoms with E-state index in [4.69, 9.17) is 5.73 Å². The number of halogens is 3. The van der Waals surface area contributed by atoms with Crippen LogP contribution in [0, 0.1) is 5.92 Å². The quantitative estimate of drug-likeness (QED) is 0.711. The Morgan fingerprint density at radius 2 is 1.68 bits per heavy atom. The van der Waals surface area contributed by atoms with Crippen molar-refractivity contribution in [3.05, 3.63) is 28.8 Å². The lowest BCUT2D eigenvalue weighted by atomic mass is 9.99. The van der Waals surface area contributed by atoms with Gasteiger partial charge in [-0.05, 0) is 45.6 Å². The number of carbonyl (C=O) groups is 2. The van der Waals surface area contributed by atoms with Crippen molar-refractivity contribution in [1.29, 1.82) is 0 Å². The molecule has 0 bridgehead atoms. The number of fused-ring (bicyclic) bond motifs is 1. The monoisotopic (exact) mass is 449 g/mol. The number of amides is 2. The van der Waals surface area contributed by atoms with Crippen LogP contribution in [-0.2, 0) is 11.0 Å². The first-order chi connectivity index (χ1) is 14.3. The fourth-order valence-electron chi connectivity index (χ4n) is 2.97. The Bertz CT molecular complexity index is 699. The summed E-state index contributed by atoms with van der Waals surface area (Å²) in [5.41, 5.74) is 2.75. The summed E-state index contributed by atoms with van der Waals surface area (Å²) in [5.74, 6) is -1.09. The van der Waals surface area contributed by atoms with Gasteiger partial charge in [-0.15, -0.1) is 0 Å². The van der Waals surface area contributed by atoms with Crippen LogP contribution in [0.15, 0.2) is 12.1 Å². The van der Waals surface area contributed by atoms with Crippen LogP contribution in [0.2, 0.25) is 0 Å². The molecule has 1 aromatic carbocycles. The molecule has 0 aliphatic carbocycles. The first-order valence-electron chi connectivity index (χ1n) is 10.5. The number of carbonyl (C=O) groups excluding carboxylic acids is 2. The zero-order chi connectivity index (χ0) is 25.1. The Morgan fingerprint density at radius 3 is 1.97 bits per heavy atom. The van der Waals surface area contributed by atoms with Gasteiger partial charge in [-0.3, -0.25) is 9.59 Å². The van der Waals surface area contributed by atoms with Crippen molar-refractivity contribution in [1.82, 2.24) is 4.90 Å². The predicted molar refractivity (Wildman–Crippen MR) is 119 cm³/mol. The van der Waals surface area contributed by atoms with Crippen molar-refractivity contribution in [2.24, 2.45) is 11.7 Å². The zero-order valence-electron chi connectivity index (χ0n) is 20.1. The fraction of sp³-hybridized carbons (Fsp3) is 0.636. The molecular weight excluding hydrogens is 411 g/mol. The molecule has 1 unspecified atom stereocenters. The van der Waals surface area contributed by atoms with E-state index in [1.54, 1.807) is 6.92 Å². The van der Waals surface area contributed by atoms with Crippen LogP contribution >= 0.6 is 0 Å². The number of anilines is 1. The molecule has 0 saturated carbocycles. The zero-order valence-corrected chi connectivity index (χ0v) is 20.1. The average Bonchev–Trinajstić information content (AvgIpc) is 2.93. The van der Waals surface area contributed by atoms with E-state index in [0.29, 0.717) is 6.07 Å². The highest BCUT2D eigenvalue weighted by Gasteiger charge is 2.44. The second-order valence-electron chi connectivity index (χ2n) is 6.96. The maximum Gasteiger partial charge on any atom is 0.416 e. The number of rotatable bonds is 4. The highest BCUT2D eigenvalue weighted by molar-refractivity contribution is 6.06. The number of hydrogen-bond donors (Lipinski definition) is 2. The Balaban J connectivity index is 0. The van der Waals surface area contributed by atoms with E-state index < -0.39 is 35.2 Å². The normalized spacial score (nSPS) is 14.7. The van der Waals surface area contributed by atoms with E-state index >= 15 is 0 Å². The highest BCUT2D eigenvalue weighted by atomic mass is 19.4. The van der Waals surface area contributed by atoms with Crippen molar-refractivity contribution in [2.75, 3.05) is 32.1 Å². The van der Waals surface area contributed by atoms with Gasteiger partial charge in [-0.25, -0.2) is 0 Å². The third kappa shape index (κ3) is 8.86. The van der Waals surface area contributed by atoms with Crippen LogP contribution in [0.25, 0.3) is 0 Å². The van der Waals surface area contributed by atoms with Crippen LogP contribution in [0.1, 0.15) is 76.1 Å². The average molecular weight is 450 g/mol. The minimum Gasteiger partial charge on any atom is -0.378 e. The van der Waals surface area contributed by atoms with Crippen molar-refractivity contribution < 1.29 is 27.9 Å². The lowest BCUT2D eigenvalue weighted by Gasteiger charge is -2.17.